The molecule has 1 aliphatic rings. The zero-order chi connectivity index (χ0) is 17.8. The second-order valence-electron chi connectivity index (χ2n) is 5.27. The van der Waals surface area contributed by atoms with Gasteiger partial charge in [-0.05, 0) is 24.3 Å². The van der Waals surface area contributed by atoms with Gasteiger partial charge in [-0.1, -0.05) is 27.5 Å². The second kappa shape index (κ2) is 8.21. The maximum Gasteiger partial charge on any atom is 0.306 e. The van der Waals surface area contributed by atoms with Gasteiger partial charge >= 0.3 is 5.97 Å². The Bertz CT molecular complexity index is 804. The van der Waals surface area contributed by atoms with E-state index in [2.05, 4.69) is 15.9 Å². The van der Waals surface area contributed by atoms with Crippen LogP contribution in [-0.2, 0) is 16.1 Å². The third-order valence-corrected chi connectivity index (χ3v) is 5.51. The number of Topliss-reactive ketones (excluding diaryl/α,β-unsaturated/α-hetero) is 1. The number of thiophene rings is 1. The van der Waals surface area contributed by atoms with Crippen LogP contribution in [0, 0.1) is 0 Å². The number of hydrogen-bond donors (Lipinski definition) is 0. The summed E-state index contributed by atoms with van der Waals surface area (Å²) in [7, 11) is 0. The lowest BCUT2D eigenvalue weighted by Crippen LogP contribution is -2.16. The summed E-state index contributed by atoms with van der Waals surface area (Å²) in [5.74, 6) is 0.741. The van der Waals surface area contributed by atoms with Crippen LogP contribution in [0.25, 0.3) is 0 Å². The monoisotopic (exact) mass is 444 g/mol. The number of carbonyl (C=O) groups is 2. The van der Waals surface area contributed by atoms with Gasteiger partial charge in [-0.3, -0.25) is 9.59 Å². The Hall–Kier alpha value is -1.57. The first-order chi connectivity index (χ1) is 12.0. The van der Waals surface area contributed by atoms with Crippen molar-refractivity contribution in [1.29, 1.82) is 0 Å². The average Bonchev–Trinajstić information content (AvgIpc) is 3.04. The highest BCUT2D eigenvalue weighted by Crippen LogP contribution is 2.35. The SMILES string of the molecule is O=C(CCC(=O)c1ccc(Cl)s1)OCc1cc2c(cc1Br)OCCO2. The molecule has 3 rings (SSSR count). The average molecular weight is 446 g/mol. The van der Waals surface area contributed by atoms with E-state index in [9.17, 15) is 9.59 Å². The number of esters is 1. The molecule has 0 unspecified atom stereocenters. The number of ketones is 1. The molecule has 2 heterocycles. The minimum Gasteiger partial charge on any atom is -0.486 e. The van der Waals surface area contributed by atoms with Crippen molar-refractivity contribution in [3.8, 4) is 11.5 Å². The summed E-state index contributed by atoms with van der Waals surface area (Å²) in [4.78, 5) is 24.4. The fraction of sp³-hybridized carbons (Fsp3) is 0.294. The summed E-state index contributed by atoms with van der Waals surface area (Å²) in [5, 5.41) is 0. The van der Waals surface area contributed by atoms with Gasteiger partial charge in [-0.25, -0.2) is 0 Å². The predicted octanol–water partition coefficient (Wildman–Crippen LogP) is 4.64. The predicted molar refractivity (Wildman–Crippen MR) is 97.8 cm³/mol. The van der Waals surface area contributed by atoms with E-state index in [4.69, 9.17) is 25.8 Å². The fourth-order valence-corrected chi connectivity index (χ4v) is 3.70. The molecule has 0 N–H and O–H groups in total. The molecule has 0 amide bonds. The molecule has 5 nitrogen and oxygen atoms in total. The molecule has 132 valence electrons. The number of rotatable bonds is 6. The van der Waals surface area contributed by atoms with Crippen molar-refractivity contribution >= 4 is 50.6 Å². The first-order valence-electron chi connectivity index (χ1n) is 7.55. The van der Waals surface area contributed by atoms with Gasteiger partial charge in [-0.2, -0.15) is 0 Å². The van der Waals surface area contributed by atoms with Gasteiger partial charge in [0.2, 0.25) is 0 Å². The highest BCUT2D eigenvalue weighted by atomic mass is 79.9. The van der Waals surface area contributed by atoms with Crippen molar-refractivity contribution < 1.29 is 23.8 Å². The van der Waals surface area contributed by atoms with Gasteiger partial charge in [0, 0.05) is 16.5 Å². The molecule has 0 bridgehead atoms. The van der Waals surface area contributed by atoms with Gasteiger partial charge in [-0.15, -0.1) is 11.3 Å². The minimum absolute atomic E-state index is 0.0243. The van der Waals surface area contributed by atoms with E-state index in [1.54, 1.807) is 24.3 Å². The highest BCUT2D eigenvalue weighted by molar-refractivity contribution is 9.10. The molecule has 1 aliphatic heterocycles. The van der Waals surface area contributed by atoms with Crippen molar-refractivity contribution in [2.75, 3.05) is 13.2 Å². The topological polar surface area (TPSA) is 61.8 Å². The Morgan fingerprint density at radius 2 is 1.88 bits per heavy atom. The first kappa shape index (κ1) is 18.2. The molecular weight excluding hydrogens is 432 g/mol. The van der Waals surface area contributed by atoms with E-state index in [0.717, 1.165) is 10.0 Å². The summed E-state index contributed by atoms with van der Waals surface area (Å²) < 4.78 is 17.6. The number of hydrogen-bond acceptors (Lipinski definition) is 6. The summed E-state index contributed by atoms with van der Waals surface area (Å²) in [6.45, 7) is 1.09. The molecule has 25 heavy (non-hydrogen) atoms. The smallest absolute Gasteiger partial charge is 0.306 e. The summed E-state index contributed by atoms with van der Waals surface area (Å²) >= 11 is 10.4. The molecular formula is C17H14BrClO5S. The minimum atomic E-state index is -0.433. The third kappa shape index (κ3) is 4.74. The van der Waals surface area contributed by atoms with Crippen molar-refractivity contribution in [1.82, 2.24) is 0 Å². The largest absolute Gasteiger partial charge is 0.486 e. The van der Waals surface area contributed by atoms with E-state index >= 15 is 0 Å². The normalized spacial score (nSPS) is 12.7. The van der Waals surface area contributed by atoms with Gasteiger partial charge in [0.1, 0.15) is 19.8 Å². The number of ether oxygens (including phenoxy) is 3. The lowest BCUT2D eigenvalue weighted by Gasteiger charge is -2.19. The number of fused-ring (bicyclic) bond motifs is 1. The van der Waals surface area contributed by atoms with Crippen LogP contribution in [0.4, 0.5) is 0 Å². The second-order valence-corrected chi connectivity index (χ2v) is 7.84. The van der Waals surface area contributed by atoms with Crippen LogP contribution < -0.4 is 9.47 Å². The van der Waals surface area contributed by atoms with E-state index in [1.165, 1.54) is 11.3 Å². The van der Waals surface area contributed by atoms with Gasteiger partial charge in [0.25, 0.3) is 0 Å². The maximum atomic E-state index is 12.0. The zero-order valence-corrected chi connectivity index (χ0v) is 16.2. The Morgan fingerprint density at radius 1 is 1.16 bits per heavy atom. The van der Waals surface area contributed by atoms with Crippen LogP contribution in [0.3, 0.4) is 0 Å². The third-order valence-electron chi connectivity index (χ3n) is 3.50. The van der Waals surface area contributed by atoms with E-state index in [-0.39, 0.29) is 25.2 Å². The molecule has 0 fully saturated rings. The molecule has 0 radical (unpaired) electrons. The highest BCUT2D eigenvalue weighted by Gasteiger charge is 2.17. The van der Waals surface area contributed by atoms with Crippen molar-refractivity contribution in [3.63, 3.8) is 0 Å². The molecule has 0 spiro atoms. The molecule has 2 aromatic rings. The van der Waals surface area contributed by atoms with Crippen LogP contribution in [-0.4, -0.2) is 25.0 Å². The van der Waals surface area contributed by atoms with Crippen LogP contribution in [0.1, 0.15) is 28.1 Å². The quantitative estimate of drug-likeness (QED) is 0.479. The maximum absolute atomic E-state index is 12.0. The Labute approximate surface area is 162 Å². The number of benzene rings is 1. The molecule has 0 saturated heterocycles. The van der Waals surface area contributed by atoms with Crippen LogP contribution >= 0.6 is 38.9 Å². The van der Waals surface area contributed by atoms with Gasteiger partial charge < -0.3 is 14.2 Å². The summed E-state index contributed by atoms with van der Waals surface area (Å²) in [6.07, 6.45) is 0.120. The lowest BCUT2D eigenvalue weighted by atomic mass is 10.2. The van der Waals surface area contributed by atoms with Gasteiger partial charge in [0.15, 0.2) is 17.3 Å². The molecule has 0 atom stereocenters. The standard InChI is InChI=1S/C17H14BrClO5S/c18-11-8-14-13(22-5-6-23-14)7-10(11)9-24-17(21)4-1-12(20)15-2-3-16(19)25-15/h2-3,7-8H,1,4-6,9H2. The lowest BCUT2D eigenvalue weighted by molar-refractivity contribution is -0.144. The fourth-order valence-electron chi connectivity index (χ4n) is 2.25. The van der Waals surface area contributed by atoms with Crippen LogP contribution in [0.5, 0.6) is 11.5 Å². The van der Waals surface area contributed by atoms with Gasteiger partial charge in [0.05, 0.1) is 15.6 Å². The molecule has 0 aliphatic carbocycles. The van der Waals surface area contributed by atoms with Crippen LogP contribution in [0.15, 0.2) is 28.7 Å². The van der Waals surface area contributed by atoms with Crippen molar-refractivity contribution in [2.24, 2.45) is 0 Å². The number of halogens is 2. The Balaban J connectivity index is 1.51. The Kier molecular flexibility index (Phi) is 5.98. The van der Waals surface area contributed by atoms with E-state index < -0.39 is 5.97 Å². The van der Waals surface area contributed by atoms with Crippen molar-refractivity contribution in [3.05, 3.63) is 43.5 Å². The first-order valence-corrected chi connectivity index (χ1v) is 9.54. The van der Waals surface area contributed by atoms with E-state index in [1.807, 2.05) is 0 Å². The zero-order valence-electron chi connectivity index (χ0n) is 13.1. The van der Waals surface area contributed by atoms with Crippen LogP contribution in [0.2, 0.25) is 4.34 Å². The molecule has 1 aromatic heterocycles. The van der Waals surface area contributed by atoms with Crippen molar-refractivity contribution in [2.45, 2.75) is 19.4 Å². The molecule has 8 heteroatoms. The number of carbonyl (C=O) groups excluding carboxylic acids is 2. The molecule has 0 saturated carbocycles. The Morgan fingerprint density at radius 3 is 2.56 bits per heavy atom. The molecule has 1 aromatic carbocycles. The summed E-state index contributed by atoms with van der Waals surface area (Å²) in [5.41, 5.74) is 0.772. The summed E-state index contributed by atoms with van der Waals surface area (Å²) in [6, 6.07) is 6.90. The van der Waals surface area contributed by atoms with E-state index in [0.29, 0.717) is 33.9 Å².